The van der Waals surface area contributed by atoms with E-state index in [-0.39, 0.29) is 0 Å². The first-order valence-corrected chi connectivity index (χ1v) is 6.65. The molecule has 0 fully saturated rings. The predicted molar refractivity (Wildman–Crippen MR) is 73.7 cm³/mol. The highest BCUT2D eigenvalue weighted by Gasteiger charge is 2.05. The van der Waals surface area contributed by atoms with Crippen molar-refractivity contribution >= 4 is 17.6 Å². The molecule has 94 valence electrons. The lowest BCUT2D eigenvalue weighted by molar-refractivity contribution is 0.892. The molecule has 0 unspecified atom stereocenters. The van der Waals surface area contributed by atoms with Crippen LogP contribution in [0.15, 0.2) is 28.3 Å². The maximum atomic E-state index is 5.76. The molecule has 2 rings (SSSR count). The summed E-state index contributed by atoms with van der Waals surface area (Å²) in [4.78, 5) is 13.1. The van der Waals surface area contributed by atoms with E-state index in [9.17, 15) is 0 Å². The van der Waals surface area contributed by atoms with Crippen molar-refractivity contribution in [3.05, 3.63) is 35.3 Å². The fourth-order valence-electron chi connectivity index (χ4n) is 1.67. The number of nitrogen functional groups attached to an aromatic ring is 1. The van der Waals surface area contributed by atoms with Gasteiger partial charge in [0, 0.05) is 18.2 Å². The van der Waals surface area contributed by atoms with Crippen molar-refractivity contribution in [2.45, 2.75) is 37.2 Å². The average molecular weight is 260 g/mol. The Balaban J connectivity index is 2.30. The predicted octanol–water partition coefficient (Wildman–Crippen LogP) is 2.78. The van der Waals surface area contributed by atoms with Crippen molar-refractivity contribution in [3.8, 4) is 0 Å². The molecule has 4 nitrogen and oxygen atoms in total. The van der Waals surface area contributed by atoms with Crippen LogP contribution in [-0.2, 0) is 6.42 Å². The molecule has 0 aromatic carbocycles. The van der Waals surface area contributed by atoms with E-state index in [1.54, 1.807) is 6.07 Å². The van der Waals surface area contributed by atoms with E-state index in [2.05, 4.69) is 27.9 Å². The SMILES string of the molecule is CCc1nc(N)cc(Sc2cc(C)cc(C)n2)n1. The molecular weight excluding hydrogens is 244 g/mol. The summed E-state index contributed by atoms with van der Waals surface area (Å²) < 4.78 is 0. The van der Waals surface area contributed by atoms with Gasteiger partial charge < -0.3 is 5.73 Å². The first-order chi connectivity index (χ1) is 8.56. The van der Waals surface area contributed by atoms with Crippen LogP contribution in [0.25, 0.3) is 0 Å². The molecule has 2 aromatic rings. The summed E-state index contributed by atoms with van der Waals surface area (Å²) in [5, 5.41) is 1.78. The van der Waals surface area contributed by atoms with Crippen molar-refractivity contribution in [1.29, 1.82) is 0 Å². The maximum Gasteiger partial charge on any atom is 0.131 e. The summed E-state index contributed by atoms with van der Waals surface area (Å²) in [5.41, 5.74) is 7.97. The fraction of sp³-hybridized carbons (Fsp3) is 0.308. The van der Waals surface area contributed by atoms with Gasteiger partial charge in [0.25, 0.3) is 0 Å². The molecule has 0 aliphatic rings. The second-order valence-corrected chi connectivity index (χ2v) is 5.17. The number of rotatable bonds is 3. The number of pyridine rings is 1. The van der Waals surface area contributed by atoms with Gasteiger partial charge in [-0.3, -0.25) is 0 Å². The zero-order chi connectivity index (χ0) is 13.1. The van der Waals surface area contributed by atoms with Gasteiger partial charge in [-0.15, -0.1) is 0 Å². The van der Waals surface area contributed by atoms with Crippen molar-refractivity contribution in [2.75, 3.05) is 5.73 Å². The molecule has 0 amide bonds. The number of nitrogens with two attached hydrogens (primary N) is 1. The second kappa shape index (κ2) is 5.35. The zero-order valence-electron chi connectivity index (χ0n) is 10.8. The molecule has 2 aromatic heterocycles. The van der Waals surface area contributed by atoms with E-state index in [0.29, 0.717) is 5.82 Å². The standard InChI is InChI=1S/C13H16N4S/c1-4-11-16-10(14)7-13(17-11)18-12-6-8(2)5-9(3)15-12/h5-7H,4H2,1-3H3,(H2,14,16,17). The summed E-state index contributed by atoms with van der Waals surface area (Å²) in [6.45, 7) is 6.06. The van der Waals surface area contributed by atoms with Crippen LogP contribution >= 0.6 is 11.8 Å². The number of anilines is 1. The summed E-state index contributed by atoms with van der Waals surface area (Å²) in [6.07, 6.45) is 0.777. The smallest absolute Gasteiger partial charge is 0.131 e. The topological polar surface area (TPSA) is 64.7 Å². The Morgan fingerprint density at radius 1 is 1.06 bits per heavy atom. The monoisotopic (exact) mass is 260 g/mol. The lowest BCUT2D eigenvalue weighted by Crippen LogP contribution is -1.99. The first-order valence-electron chi connectivity index (χ1n) is 5.83. The van der Waals surface area contributed by atoms with Crippen LogP contribution in [0.2, 0.25) is 0 Å². The Hall–Kier alpha value is -1.62. The molecule has 0 saturated heterocycles. The highest BCUT2D eigenvalue weighted by molar-refractivity contribution is 7.99. The average Bonchev–Trinajstić information content (AvgIpc) is 2.26. The van der Waals surface area contributed by atoms with Gasteiger partial charge in [-0.05, 0) is 43.3 Å². The maximum absolute atomic E-state index is 5.76. The Morgan fingerprint density at radius 3 is 2.44 bits per heavy atom. The lowest BCUT2D eigenvalue weighted by Gasteiger charge is -2.05. The van der Waals surface area contributed by atoms with Crippen LogP contribution in [0.1, 0.15) is 24.0 Å². The summed E-state index contributed by atoms with van der Waals surface area (Å²) in [5.74, 6) is 1.27. The molecule has 0 radical (unpaired) electrons. The van der Waals surface area contributed by atoms with Crippen LogP contribution in [-0.4, -0.2) is 15.0 Å². The van der Waals surface area contributed by atoms with E-state index in [1.807, 2.05) is 19.9 Å². The Kier molecular flexibility index (Phi) is 3.81. The van der Waals surface area contributed by atoms with Crippen LogP contribution < -0.4 is 5.73 Å². The minimum Gasteiger partial charge on any atom is -0.384 e. The van der Waals surface area contributed by atoms with Crippen LogP contribution in [0.3, 0.4) is 0 Å². The largest absolute Gasteiger partial charge is 0.384 e. The highest BCUT2D eigenvalue weighted by atomic mass is 32.2. The molecular formula is C13H16N4S. The van der Waals surface area contributed by atoms with Gasteiger partial charge in [-0.1, -0.05) is 6.92 Å². The van der Waals surface area contributed by atoms with Gasteiger partial charge in [0.2, 0.25) is 0 Å². The quantitative estimate of drug-likeness (QED) is 0.860. The molecule has 0 atom stereocenters. The van der Waals surface area contributed by atoms with Crippen LogP contribution in [0.4, 0.5) is 5.82 Å². The Labute approximate surface area is 111 Å². The van der Waals surface area contributed by atoms with Crippen molar-refractivity contribution in [3.63, 3.8) is 0 Å². The van der Waals surface area contributed by atoms with Crippen LogP contribution in [0, 0.1) is 13.8 Å². The molecule has 2 N–H and O–H groups in total. The van der Waals surface area contributed by atoms with Gasteiger partial charge in [0.1, 0.15) is 21.7 Å². The molecule has 0 aliphatic carbocycles. The summed E-state index contributed by atoms with van der Waals surface area (Å²) >= 11 is 1.52. The van der Waals surface area contributed by atoms with Gasteiger partial charge >= 0.3 is 0 Å². The molecule has 0 saturated carbocycles. The van der Waals surface area contributed by atoms with E-state index < -0.39 is 0 Å². The molecule has 0 aliphatic heterocycles. The Morgan fingerprint density at radius 2 is 1.78 bits per heavy atom. The number of hydrogen-bond acceptors (Lipinski definition) is 5. The Bertz CT molecular complexity index is 549. The van der Waals surface area contributed by atoms with E-state index in [1.165, 1.54) is 17.3 Å². The van der Waals surface area contributed by atoms with Crippen molar-refractivity contribution in [2.24, 2.45) is 0 Å². The minimum atomic E-state index is 0.508. The number of aromatic nitrogens is 3. The van der Waals surface area contributed by atoms with Gasteiger partial charge in [-0.25, -0.2) is 15.0 Å². The third kappa shape index (κ3) is 3.20. The van der Waals surface area contributed by atoms with Crippen molar-refractivity contribution < 1.29 is 0 Å². The number of nitrogens with zero attached hydrogens (tertiary/aromatic N) is 3. The first kappa shape index (κ1) is 12.8. The highest BCUT2D eigenvalue weighted by Crippen LogP contribution is 2.26. The minimum absolute atomic E-state index is 0.508. The summed E-state index contributed by atoms with van der Waals surface area (Å²) in [7, 11) is 0. The zero-order valence-corrected chi connectivity index (χ0v) is 11.6. The van der Waals surface area contributed by atoms with E-state index in [4.69, 9.17) is 5.73 Å². The number of aryl methyl sites for hydroxylation is 3. The van der Waals surface area contributed by atoms with Gasteiger partial charge in [0.05, 0.1) is 0 Å². The number of hydrogen-bond donors (Lipinski definition) is 1. The van der Waals surface area contributed by atoms with E-state index >= 15 is 0 Å². The molecule has 0 spiro atoms. The van der Waals surface area contributed by atoms with Crippen molar-refractivity contribution in [1.82, 2.24) is 15.0 Å². The molecule has 5 heteroatoms. The molecule has 0 bridgehead atoms. The summed E-state index contributed by atoms with van der Waals surface area (Å²) in [6, 6.07) is 5.88. The van der Waals surface area contributed by atoms with Gasteiger partial charge in [-0.2, -0.15) is 0 Å². The van der Waals surface area contributed by atoms with Crippen LogP contribution in [0.5, 0.6) is 0 Å². The van der Waals surface area contributed by atoms with Gasteiger partial charge in [0.15, 0.2) is 0 Å². The third-order valence-corrected chi connectivity index (χ3v) is 3.20. The molecule has 2 heterocycles. The fourth-order valence-corrected chi connectivity index (χ4v) is 2.65. The van der Waals surface area contributed by atoms with E-state index in [0.717, 1.165) is 28.0 Å². The normalized spacial score (nSPS) is 10.6. The molecule has 18 heavy (non-hydrogen) atoms. The third-order valence-electron chi connectivity index (χ3n) is 2.37. The second-order valence-electron chi connectivity index (χ2n) is 4.13. The lowest BCUT2D eigenvalue weighted by atomic mass is 10.3.